The van der Waals surface area contributed by atoms with Gasteiger partial charge in [-0.2, -0.15) is 0 Å². The van der Waals surface area contributed by atoms with Crippen LogP contribution in [0.15, 0.2) is 47.4 Å². The number of amides is 1. The third kappa shape index (κ3) is 5.16. The van der Waals surface area contributed by atoms with Gasteiger partial charge in [-0.15, -0.1) is 0 Å². The highest BCUT2D eigenvalue weighted by Crippen LogP contribution is 2.31. The van der Waals surface area contributed by atoms with Crippen LogP contribution in [0.5, 0.6) is 0 Å². The maximum atomic E-state index is 13.6. The van der Waals surface area contributed by atoms with Crippen molar-refractivity contribution in [1.29, 1.82) is 0 Å². The largest absolute Gasteiger partial charge is 0.384 e. The van der Waals surface area contributed by atoms with E-state index in [0.717, 1.165) is 44.5 Å². The van der Waals surface area contributed by atoms with E-state index in [-0.39, 0.29) is 17.8 Å². The molecule has 0 bridgehead atoms. The molecule has 0 radical (unpaired) electrons. The molecule has 2 aliphatic rings. The highest BCUT2D eigenvalue weighted by molar-refractivity contribution is 7.97. The predicted molar refractivity (Wildman–Crippen MR) is 121 cm³/mol. The van der Waals surface area contributed by atoms with Crippen LogP contribution in [0.1, 0.15) is 37.3 Å². The minimum Gasteiger partial charge on any atom is -0.384 e. The summed E-state index contributed by atoms with van der Waals surface area (Å²) in [6.07, 6.45) is 4.45. The Balaban J connectivity index is 1.45. The highest BCUT2D eigenvalue weighted by atomic mass is 32.2. The Kier molecular flexibility index (Phi) is 6.95. The lowest BCUT2D eigenvalue weighted by Gasteiger charge is -2.33. The zero-order chi connectivity index (χ0) is 20.9. The number of likely N-dealkylation sites (tertiary alicyclic amines) is 1. The smallest absolute Gasteiger partial charge is 0.240 e. The van der Waals surface area contributed by atoms with Crippen molar-refractivity contribution in [1.82, 2.24) is 9.62 Å². The van der Waals surface area contributed by atoms with Gasteiger partial charge in [-0.3, -0.25) is 4.79 Å². The van der Waals surface area contributed by atoms with Crippen LogP contribution >= 0.6 is 11.9 Å². The van der Waals surface area contributed by atoms with Crippen molar-refractivity contribution in [2.45, 2.75) is 50.0 Å². The Morgan fingerprint density at radius 1 is 1.27 bits per heavy atom. The number of nitrogens with one attached hydrogen (secondary N) is 2. The lowest BCUT2D eigenvalue weighted by molar-refractivity contribution is -0.134. The van der Waals surface area contributed by atoms with E-state index >= 15 is 0 Å². The van der Waals surface area contributed by atoms with E-state index in [2.05, 4.69) is 35.2 Å². The van der Waals surface area contributed by atoms with Gasteiger partial charge in [0.25, 0.3) is 0 Å². The van der Waals surface area contributed by atoms with Crippen LogP contribution in [0.2, 0.25) is 0 Å². The molecule has 0 aliphatic carbocycles. The summed E-state index contributed by atoms with van der Waals surface area (Å²) in [5.41, 5.74) is 3.43. The van der Waals surface area contributed by atoms with Crippen molar-refractivity contribution in [2.24, 2.45) is 5.92 Å². The summed E-state index contributed by atoms with van der Waals surface area (Å²) in [6, 6.07) is 12.7. The standard InChI is InChI=1S/C24H30FN3OS/c1-17-11-14-28(15-12-17)24(29)22(9-8-18-4-2-5-19(25)16-18)27-30-23-7-3-6-21-20(23)10-13-26-21/h2-7,16-17,22,26-27H,8-15H2,1H3. The van der Waals surface area contributed by atoms with Crippen LogP contribution in [-0.2, 0) is 17.6 Å². The van der Waals surface area contributed by atoms with Crippen LogP contribution in [0, 0.1) is 11.7 Å². The molecule has 4 nitrogen and oxygen atoms in total. The number of carbonyl (C=O) groups excluding carboxylic acids is 1. The number of halogens is 1. The lowest BCUT2D eigenvalue weighted by atomic mass is 9.98. The van der Waals surface area contributed by atoms with Crippen molar-refractivity contribution >= 4 is 23.5 Å². The Morgan fingerprint density at radius 2 is 2.07 bits per heavy atom. The summed E-state index contributed by atoms with van der Waals surface area (Å²) in [5, 5.41) is 3.41. The molecule has 2 aliphatic heterocycles. The highest BCUT2D eigenvalue weighted by Gasteiger charge is 2.27. The molecule has 1 amide bonds. The Bertz CT molecular complexity index is 883. The van der Waals surface area contributed by atoms with Crippen molar-refractivity contribution in [3.63, 3.8) is 0 Å². The number of fused-ring (bicyclic) bond motifs is 1. The van der Waals surface area contributed by atoms with Crippen molar-refractivity contribution < 1.29 is 9.18 Å². The van der Waals surface area contributed by atoms with E-state index in [4.69, 9.17) is 0 Å². The summed E-state index contributed by atoms with van der Waals surface area (Å²) in [4.78, 5) is 16.5. The van der Waals surface area contributed by atoms with Gasteiger partial charge in [-0.05, 0) is 85.4 Å². The van der Waals surface area contributed by atoms with Crippen molar-refractivity contribution in [2.75, 3.05) is 25.0 Å². The van der Waals surface area contributed by atoms with Gasteiger partial charge >= 0.3 is 0 Å². The Hall–Kier alpha value is -2.05. The van der Waals surface area contributed by atoms with E-state index in [1.807, 2.05) is 11.0 Å². The van der Waals surface area contributed by atoms with Crippen LogP contribution in [0.25, 0.3) is 0 Å². The van der Waals surface area contributed by atoms with E-state index in [0.29, 0.717) is 18.8 Å². The van der Waals surface area contributed by atoms with E-state index < -0.39 is 0 Å². The number of hydrogen-bond donors (Lipinski definition) is 2. The van der Waals surface area contributed by atoms with Crippen LogP contribution in [0.3, 0.4) is 0 Å². The normalized spacial score (nSPS) is 17.5. The number of piperidine rings is 1. The molecular formula is C24H30FN3OS. The second-order valence-corrected chi connectivity index (χ2v) is 9.29. The van der Waals surface area contributed by atoms with Crippen LogP contribution < -0.4 is 10.0 Å². The van der Waals surface area contributed by atoms with Gasteiger partial charge in [0.15, 0.2) is 0 Å². The second-order valence-electron chi connectivity index (χ2n) is 8.41. The summed E-state index contributed by atoms with van der Waals surface area (Å²) in [5.74, 6) is 0.619. The van der Waals surface area contributed by atoms with Gasteiger partial charge in [0.1, 0.15) is 5.82 Å². The third-order valence-electron chi connectivity index (χ3n) is 6.14. The van der Waals surface area contributed by atoms with Gasteiger partial charge < -0.3 is 10.2 Å². The molecule has 0 saturated carbocycles. The predicted octanol–water partition coefficient (Wildman–Crippen LogP) is 4.65. The lowest BCUT2D eigenvalue weighted by Crippen LogP contribution is -2.47. The third-order valence-corrected chi connectivity index (χ3v) is 7.14. The molecule has 6 heteroatoms. The SMILES string of the molecule is CC1CCN(C(=O)C(CCc2cccc(F)c2)NSc2cccc3c2CCN3)CC1. The van der Waals surface area contributed by atoms with E-state index in [9.17, 15) is 9.18 Å². The van der Waals surface area contributed by atoms with Crippen molar-refractivity contribution in [3.05, 3.63) is 59.4 Å². The Labute approximate surface area is 182 Å². The molecule has 2 N–H and O–H groups in total. The molecule has 160 valence electrons. The van der Waals surface area contributed by atoms with Gasteiger partial charge in [0.05, 0.1) is 6.04 Å². The summed E-state index contributed by atoms with van der Waals surface area (Å²) >= 11 is 1.55. The first-order valence-electron chi connectivity index (χ1n) is 10.9. The maximum absolute atomic E-state index is 13.6. The average Bonchev–Trinajstić information content (AvgIpc) is 3.23. The first-order chi connectivity index (χ1) is 14.6. The molecule has 1 atom stereocenters. The molecule has 30 heavy (non-hydrogen) atoms. The van der Waals surface area contributed by atoms with Gasteiger partial charge in [0, 0.05) is 30.2 Å². The average molecular weight is 428 g/mol. The Morgan fingerprint density at radius 3 is 2.87 bits per heavy atom. The molecule has 2 aromatic rings. The minimum atomic E-state index is -0.295. The molecule has 4 rings (SSSR count). The van der Waals surface area contributed by atoms with E-state index in [1.165, 1.54) is 22.2 Å². The summed E-state index contributed by atoms with van der Waals surface area (Å²) in [7, 11) is 0. The molecule has 2 aromatic carbocycles. The van der Waals surface area contributed by atoms with Gasteiger partial charge in [-0.1, -0.05) is 25.1 Å². The maximum Gasteiger partial charge on any atom is 0.240 e. The minimum absolute atomic E-state index is 0.163. The number of nitrogens with zero attached hydrogens (tertiary/aromatic N) is 1. The number of carbonyl (C=O) groups is 1. The molecule has 1 unspecified atom stereocenters. The number of hydrogen-bond acceptors (Lipinski definition) is 4. The van der Waals surface area contributed by atoms with E-state index in [1.54, 1.807) is 24.1 Å². The molecular weight excluding hydrogens is 397 g/mol. The van der Waals surface area contributed by atoms with Crippen LogP contribution in [0.4, 0.5) is 10.1 Å². The fourth-order valence-electron chi connectivity index (χ4n) is 4.23. The zero-order valence-electron chi connectivity index (χ0n) is 17.5. The molecule has 2 heterocycles. The number of anilines is 1. The molecule has 0 aromatic heterocycles. The first-order valence-corrected chi connectivity index (χ1v) is 11.7. The first kappa shape index (κ1) is 21.2. The van der Waals surface area contributed by atoms with Gasteiger partial charge in [0.2, 0.25) is 5.91 Å². The monoisotopic (exact) mass is 427 g/mol. The van der Waals surface area contributed by atoms with Crippen molar-refractivity contribution in [3.8, 4) is 0 Å². The molecule has 1 saturated heterocycles. The topological polar surface area (TPSA) is 44.4 Å². The summed E-state index contributed by atoms with van der Waals surface area (Å²) in [6.45, 7) is 4.86. The second kappa shape index (κ2) is 9.84. The summed E-state index contributed by atoms with van der Waals surface area (Å²) < 4.78 is 17.0. The fourth-order valence-corrected chi connectivity index (χ4v) is 5.20. The zero-order valence-corrected chi connectivity index (χ0v) is 18.3. The van der Waals surface area contributed by atoms with Gasteiger partial charge in [-0.25, -0.2) is 9.11 Å². The number of rotatable bonds is 7. The number of aryl methyl sites for hydroxylation is 1. The quantitative estimate of drug-likeness (QED) is 0.632. The molecule has 0 spiro atoms. The van der Waals surface area contributed by atoms with Crippen LogP contribution in [-0.4, -0.2) is 36.5 Å². The molecule has 1 fully saturated rings. The fraction of sp³-hybridized carbons (Fsp3) is 0.458. The number of benzene rings is 2.